The molecular weight excluding hydrogens is 593 g/mol. The van der Waals surface area contributed by atoms with Gasteiger partial charge >= 0.3 is 0 Å². The number of para-hydroxylation sites is 1. The van der Waals surface area contributed by atoms with Crippen LogP contribution in [0.2, 0.25) is 0 Å². The van der Waals surface area contributed by atoms with Crippen LogP contribution in [0.1, 0.15) is 0 Å². The lowest BCUT2D eigenvalue weighted by Crippen LogP contribution is -1.93. The normalized spacial score (nSPS) is 11.7. The summed E-state index contributed by atoms with van der Waals surface area (Å²) in [5.74, 6) is 0. The van der Waals surface area contributed by atoms with Gasteiger partial charge in [0, 0.05) is 10.8 Å². The highest BCUT2D eigenvalue weighted by Crippen LogP contribution is 2.48. The van der Waals surface area contributed by atoms with Gasteiger partial charge in [-0.15, -0.1) is 0 Å². The minimum absolute atomic E-state index is 0.908. The van der Waals surface area contributed by atoms with Crippen LogP contribution in [0.3, 0.4) is 0 Å². The average Bonchev–Trinajstić information content (AvgIpc) is 3.55. The molecule has 1 heterocycles. The van der Waals surface area contributed by atoms with Gasteiger partial charge in [-0.1, -0.05) is 146 Å². The van der Waals surface area contributed by atoms with Gasteiger partial charge < -0.3 is 4.42 Å². The zero-order chi connectivity index (χ0) is 32.3. The van der Waals surface area contributed by atoms with Crippen molar-refractivity contribution in [2.24, 2.45) is 0 Å². The predicted octanol–water partition coefficient (Wildman–Crippen LogP) is 13.7. The Morgan fingerprint density at radius 1 is 0.265 bits per heavy atom. The standard InChI is InChI=1S/C48H30O/c1-2-13-31(14-3-1)32-17-12-18-35(27-32)43-28-33-15-4-5-16-34(33)29-44(43)48-41-22-8-6-20-39(41)47(40-21-7-9-23-42(40)48)36-25-26-38-37-19-10-11-24-45(37)49-46(38)30-36/h1-30H. The van der Waals surface area contributed by atoms with Crippen molar-refractivity contribution in [1.29, 1.82) is 0 Å². The van der Waals surface area contributed by atoms with Crippen LogP contribution in [0, 0.1) is 0 Å². The summed E-state index contributed by atoms with van der Waals surface area (Å²) < 4.78 is 6.38. The van der Waals surface area contributed by atoms with Crippen molar-refractivity contribution in [3.63, 3.8) is 0 Å². The van der Waals surface area contributed by atoms with E-state index in [0.717, 1.165) is 27.5 Å². The fourth-order valence-electron chi connectivity index (χ4n) is 7.79. The first-order chi connectivity index (χ1) is 24.3. The van der Waals surface area contributed by atoms with Crippen molar-refractivity contribution in [1.82, 2.24) is 0 Å². The SMILES string of the molecule is c1ccc(-c2cccc(-c3cc4ccccc4cc3-c3c4ccccc4c(-c4ccc5c(c4)oc4ccccc45)c4ccccc34)c2)cc1. The fraction of sp³-hybridized carbons (Fsp3) is 0. The van der Waals surface area contributed by atoms with Crippen LogP contribution in [0.25, 0.3) is 98.8 Å². The molecule has 1 aromatic heterocycles. The highest BCUT2D eigenvalue weighted by molar-refractivity contribution is 6.23. The van der Waals surface area contributed by atoms with Crippen molar-refractivity contribution in [2.75, 3.05) is 0 Å². The van der Waals surface area contributed by atoms with Crippen molar-refractivity contribution < 1.29 is 4.42 Å². The molecule has 10 aromatic rings. The topological polar surface area (TPSA) is 13.1 Å². The maximum Gasteiger partial charge on any atom is 0.136 e. The highest BCUT2D eigenvalue weighted by atomic mass is 16.3. The lowest BCUT2D eigenvalue weighted by Gasteiger charge is -2.20. The van der Waals surface area contributed by atoms with E-state index in [9.17, 15) is 0 Å². The molecule has 0 amide bonds. The molecule has 0 aliphatic heterocycles. The van der Waals surface area contributed by atoms with Gasteiger partial charge in [0.05, 0.1) is 0 Å². The Morgan fingerprint density at radius 3 is 1.51 bits per heavy atom. The van der Waals surface area contributed by atoms with E-state index in [2.05, 4.69) is 170 Å². The van der Waals surface area contributed by atoms with E-state index >= 15 is 0 Å². The van der Waals surface area contributed by atoms with Crippen molar-refractivity contribution >= 4 is 54.3 Å². The summed E-state index contributed by atoms with van der Waals surface area (Å²) in [7, 11) is 0. The summed E-state index contributed by atoms with van der Waals surface area (Å²) in [6.07, 6.45) is 0. The summed E-state index contributed by atoms with van der Waals surface area (Å²) in [5.41, 5.74) is 11.5. The predicted molar refractivity (Wildman–Crippen MR) is 208 cm³/mol. The third kappa shape index (κ3) is 4.47. The maximum atomic E-state index is 6.38. The second-order valence-electron chi connectivity index (χ2n) is 12.8. The smallest absolute Gasteiger partial charge is 0.136 e. The zero-order valence-electron chi connectivity index (χ0n) is 26.7. The Hall–Kier alpha value is -6.44. The van der Waals surface area contributed by atoms with Crippen LogP contribution in [-0.4, -0.2) is 0 Å². The van der Waals surface area contributed by atoms with Crippen LogP contribution in [0.15, 0.2) is 186 Å². The average molecular weight is 623 g/mol. The largest absolute Gasteiger partial charge is 0.456 e. The third-order valence-corrected chi connectivity index (χ3v) is 10.0. The Bertz CT molecular complexity index is 2820. The molecule has 0 aliphatic carbocycles. The summed E-state index contributed by atoms with van der Waals surface area (Å²) in [6, 6.07) is 65.9. The van der Waals surface area contributed by atoms with E-state index in [-0.39, 0.29) is 0 Å². The maximum absolute atomic E-state index is 6.38. The molecule has 0 fully saturated rings. The first-order valence-electron chi connectivity index (χ1n) is 16.8. The second-order valence-corrected chi connectivity index (χ2v) is 12.8. The number of hydrogen-bond donors (Lipinski definition) is 0. The minimum Gasteiger partial charge on any atom is -0.456 e. The van der Waals surface area contributed by atoms with Crippen LogP contribution >= 0.6 is 0 Å². The van der Waals surface area contributed by atoms with E-state index in [1.54, 1.807) is 0 Å². The third-order valence-electron chi connectivity index (χ3n) is 10.0. The molecule has 0 atom stereocenters. The summed E-state index contributed by atoms with van der Waals surface area (Å²) in [6.45, 7) is 0. The highest BCUT2D eigenvalue weighted by Gasteiger charge is 2.20. The summed E-state index contributed by atoms with van der Waals surface area (Å²) >= 11 is 0. The molecule has 0 unspecified atom stereocenters. The molecule has 9 aromatic carbocycles. The molecule has 0 N–H and O–H groups in total. The van der Waals surface area contributed by atoms with Crippen molar-refractivity contribution in [2.45, 2.75) is 0 Å². The van der Waals surface area contributed by atoms with E-state index in [1.807, 2.05) is 12.1 Å². The number of fused-ring (bicyclic) bond motifs is 6. The first-order valence-corrected chi connectivity index (χ1v) is 16.8. The van der Waals surface area contributed by atoms with Crippen LogP contribution in [0.5, 0.6) is 0 Å². The summed E-state index contributed by atoms with van der Waals surface area (Å²) in [5, 5.41) is 9.67. The number of hydrogen-bond acceptors (Lipinski definition) is 1. The van der Waals surface area contributed by atoms with Crippen LogP contribution < -0.4 is 0 Å². The number of furan rings is 1. The Kier molecular flexibility index (Phi) is 6.25. The van der Waals surface area contributed by atoms with Crippen molar-refractivity contribution in [3.05, 3.63) is 182 Å². The quantitative estimate of drug-likeness (QED) is 0.178. The van der Waals surface area contributed by atoms with E-state index < -0.39 is 0 Å². The van der Waals surface area contributed by atoms with E-state index in [4.69, 9.17) is 4.42 Å². The molecule has 0 spiro atoms. The monoisotopic (exact) mass is 622 g/mol. The first kappa shape index (κ1) is 27.7. The fourth-order valence-corrected chi connectivity index (χ4v) is 7.79. The van der Waals surface area contributed by atoms with Gasteiger partial charge in [0.1, 0.15) is 11.2 Å². The molecular formula is C48H30O. The van der Waals surface area contributed by atoms with E-state index in [0.29, 0.717) is 0 Å². The van der Waals surface area contributed by atoms with Gasteiger partial charge in [0.2, 0.25) is 0 Å². The lowest BCUT2D eigenvalue weighted by molar-refractivity contribution is 0.669. The van der Waals surface area contributed by atoms with Crippen molar-refractivity contribution in [3.8, 4) is 44.5 Å². The number of benzene rings is 9. The van der Waals surface area contributed by atoms with Gasteiger partial charge in [-0.2, -0.15) is 0 Å². The number of rotatable bonds is 4. The minimum atomic E-state index is 0.908. The van der Waals surface area contributed by atoms with Gasteiger partial charge in [-0.05, 0) is 113 Å². The molecule has 1 heteroatoms. The molecule has 0 saturated heterocycles. The Morgan fingerprint density at radius 2 is 0.796 bits per heavy atom. The van der Waals surface area contributed by atoms with Crippen LogP contribution in [-0.2, 0) is 0 Å². The van der Waals surface area contributed by atoms with E-state index in [1.165, 1.54) is 71.3 Å². The van der Waals surface area contributed by atoms with Gasteiger partial charge in [-0.25, -0.2) is 0 Å². The molecule has 228 valence electrons. The second kappa shape index (κ2) is 11.1. The zero-order valence-corrected chi connectivity index (χ0v) is 26.7. The Labute approximate surface area is 284 Å². The summed E-state index contributed by atoms with van der Waals surface area (Å²) in [4.78, 5) is 0. The van der Waals surface area contributed by atoms with Gasteiger partial charge in [0.15, 0.2) is 0 Å². The molecule has 0 bridgehead atoms. The Balaban J connectivity index is 1.28. The molecule has 0 radical (unpaired) electrons. The molecule has 10 rings (SSSR count). The molecule has 49 heavy (non-hydrogen) atoms. The molecule has 0 saturated carbocycles. The molecule has 1 nitrogen and oxygen atoms in total. The lowest BCUT2D eigenvalue weighted by atomic mass is 9.82. The van der Waals surface area contributed by atoms with Crippen LogP contribution in [0.4, 0.5) is 0 Å². The molecule has 0 aliphatic rings. The van der Waals surface area contributed by atoms with Gasteiger partial charge in [-0.3, -0.25) is 0 Å². The van der Waals surface area contributed by atoms with Gasteiger partial charge in [0.25, 0.3) is 0 Å².